The number of allylic oxidation sites excluding steroid dienone is 1. The Morgan fingerprint density at radius 2 is 2.17 bits per heavy atom. The summed E-state index contributed by atoms with van der Waals surface area (Å²) in [5.74, 6) is 0. The zero-order chi connectivity index (χ0) is 9.14. The maximum absolute atomic E-state index is 5.75. The van der Waals surface area contributed by atoms with Crippen LogP contribution in [0.5, 0.6) is 0 Å². The summed E-state index contributed by atoms with van der Waals surface area (Å²) in [7, 11) is 0. The van der Waals surface area contributed by atoms with Gasteiger partial charge >= 0.3 is 0 Å². The van der Waals surface area contributed by atoms with Crippen molar-refractivity contribution < 1.29 is 0 Å². The number of anilines is 1. The highest BCUT2D eigenvalue weighted by Gasteiger charge is 1.97. The molecule has 0 aliphatic rings. The van der Waals surface area contributed by atoms with Crippen LogP contribution >= 0.6 is 12.6 Å². The van der Waals surface area contributed by atoms with Crippen molar-refractivity contribution in [1.82, 2.24) is 0 Å². The molecular weight excluding hydrogens is 166 g/mol. The molecule has 0 aliphatic carbocycles. The van der Waals surface area contributed by atoms with Gasteiger partial charge in [-0.05, 0) is 31.0 Å². The van der Waals surface area contributed by atoms with Crippen molar-refractivity contribution in [2.75, 3.05) is 5.73 Å². The van der Waals surface area contributed by atoms with E-state index in [1.807, 2.05) is 38.1 Å². The molecule has 0 spiro atoms. The lowest BCUT2D eigenvalue weighted by Crippen LogP contribution is -1.90. The zero-order valence-corrected chi connectivity index (χ0v) is 8.23. The molecule has 0 heterocycles. The molecule has 0 unspecified atom stereocenters. The summed E-state index contributed by atoms with van der Waals surface area (Å²) in [6.07, 6.45) is 1.95. The lowest BCUT2D eigenvalue weighted by molar-refractivity contribution is 1.46. The molecule has 0 amide bonds. The number of rotatable bonds is 1. The Morgan fingerprint density at radius 1 is 1.50 bits per heavy atom. The van der Waals surface area contributed by atoms with E-state index in [1.165, 1.54) is 0 Å². The van der Waals surface area contributed by atoms with Gasteiger partial charge < -0.3 is 5.73 Å². The van der Waals surface area contributed by atoms with Crippen LogP contribution in [0.4, 0.5) is 5.69 Å². The first-order chi connectivity index (χ1) is 5.65. The van der Waals surface area contributed by atoms with E-state index >= 15 is 0 Å². The second-order valence-electron chi connectivity index (χ2n) is 2.75. The lowest BCUT2D eigenvalue weighted by atomic mass is 10.1. The van der Waals surface area contributed by atoms with Gasteiger partial charge in [0.05, 0.1) is 0 Å². The van der Waals surface area contributed by atoms with Crippen LogP contribution in [0.2, 0.25) is 0 Å². The van der Waals surface area contributed by atoms with Crippen molar-refractivity contribution in [2.24, 2.45) is 0 Å². The number of nitrogens with two attached hydrogens (primary N) is 1. The normalized spacial score (nSPS) is 11.8. The molecule has 1 aromatic rings. The highest BCUT2D eigenvalue weighted by Crippen LogP contribution is 2.22. The SMILES string of the molecule is C/C=C(\S)c1ccc(C)c(N)c1. The second kappa shape index (κ2) is 3.68. The lowest BCUT2D eigenvalue weighted by Gasteiger charge is -2.03. The van der Waals surface area contributed by atoms with Crippen molar-refractivity contribution in [3.63, 3.8) is 0 Å². The van der Waals surface area contributed by atoms with E-state index in [2.05, 4.69) is 12.6 Å². The number of hydrogen-bond donors (Lipinski definition) is 2. The average molecular weight is 179 g/mol. The molecule has 0 saturated carbocycles. The van der Waals surface area contributed by atoms with Gasteiger partial charge in [0.2, 0.25) is 0 Å². The standard InChI is InChI=1S/C10H13NS/c1-3-10(12)8-5-4-7(2)9(11)6-8/h3-6,12H,11H2,1-2H3/b10-3-. The topological polar surface area (TPSA) is 26.0 Å². The molecule has 0 fully saturated rings. The minimum atomic E-state index is 0.820. The van der Waals surface area contributed by atoms with Gasteiger partial charge in [-0.25, -0.2) is 0 Å². The fraction of sp³-hybridized carbons (Fsp3) is 0.200. The van der Waals surface area contributed by atoms with Gasteiger partial charge in [-0.2, -0.15) is 0 Å². The Morgan fingerprint density at radius 3 is 2.67 bits per heavy atom. The minimum Gasteiger partial charge on any atom is -0.398 e. The van der Waals surface area contributed by atoms with Crippen molar-refractivity contribution in [2.45, 2.75) is 13.8 Å². The van der Waals surface area contributed by atoms with Gasteiger partial charge in [0, 0.05) is 10.6 Å². The van der Waals surface area contributed by atoms with E-state index in [4.69, 9.17) is 5.73 Å². The van der Waals surface area contributed by atoms with Crippen LogP contribution in [0.3, 0.4) is 0 Å². The van der Waals surface area contributed by atoms with E-state index < -0.39 is 0 Å². The predicted molar refractivity (Wildman–Crippen MR) is 58.2 cm³/mol. The molecule has 2 N–H and O–H groups in total. The van der Waals surface area contributed by atoms with E-state index in [9.17, 15) is 0 Å². The Labute approximate surface area is 78.7 Å². The highest BCUT2D eigenvalue weighted by molar-refractivity contribution is 7.90. The molecule has 0 aromatic heterocycles. The molecule has 2 heteroatoms. The first-order valence-corrected chi connectivity index (χ1v) is 4.31. The zero-order valence-electron chi connectivity index (χ0n) is 7.33. The van der Waals surface area contributed by atoms with Crippen LogP contribution < -0.4 is 5.73 Å². The minimum absolute atomic E-state index is 0.820. The average Bonchev–Trinajstić information content (AvgIpc) is 2.08. The molecule has 1 rings (SSSR count). The van der Waals surface area contributed by atoms with Crippen molar-refractivity contribution in [1.29, 1.82) is 0 Å². The Balaban J connectivity index is 3.13. The smallest absolute Gasteiger partial charge is 0.0350 e. The summed E-state index contributed by atoms with van der Waals surface area (Å²) in [5.41, 5.74) is 8.75. The largest absolute Gasteiger partial charge is 0.398 e. The predicted octanol–water partition coefficient (Wildman–Crippen LogP) is 2.87. The molecule has 1 nitrogen and oxygen atoms in total. The third-order valence-electron chi connectivity index (χ3n) is 1.85. The molecule has 64 valence electrons. The maximum atomic E-state index is 5.75. The number of aryl methyl sites for hydroxylation is 1. The fourth-order valence-corrected chi connectivity index (χ4v) is 1.11. The molecule has 0 atom stereocenters. The maximum Gasteiger partial charge on any atom is 0.0350 e. The summed E-state index contributed by atoms with van der Waals surface area (Å²) in [4.78, 5) is 0.960. The van der Waals surface area contributed by atoms with Crippen LogP contribution in [0, 0.1) is 6.92 Å². The number of hydrogen-bond acceptors (Lipinski definition) is 2. The van der Waals surface area contributed by atoms with Gasteiger partial charge in [0.1, 0.15) is 0 Å². The van der Waals surface area contributed by atoms with Gasteiger partial charge in [0.15, 0.2) is 0 Å². The van der Waals surface area contributed by atoms with Crippen molar-refractivity contribution >= 4 is 23.2 Å². The number of nitrogen functional groups attached to an aromatic ring is 1. The number of benzene rings is 1. The van der Waals surface area contributed by atoms with Crippen LogP contribution in [0.15, 0.2) is 24.3 Å². The van der Waals surface area contributed by atoms with Gasteiger partial charge in [-0.1, -0.05) is 18.2 Å². The Kier molecular flexibility index (Phi) is 2.82. The van der Waals surface area contributed by atoms with E-state index in [1.54, 1.807) is 0 Å². The van der Waals surface area contributed by atoms with Crippen molar-refractivity contribution in [3.05, 3.63) is 35.4 Å². The van der Waals surface area contributed by atoms with Crippen LogP contribution in [0.1, 0.15) is 18.1 Å². The second-order valence-corrected chi connectivity index (χ2v) is 3.23. The van der Waals surface area contributed by atoms with Crippen LogP contribution in [0.25, 0.3) is 4.91 Å². The first-order valence-electron chi connectivity index (χ1n) is 3.87. The molecule has 0 aliphatic heterocycles. The van der Waals surface area contributed by atoms with Gasteiger partial charge in [-0.3, -0.25) is 0 Å². The molecule has 0 bridgehead atoms. The van der Waals surface area contributed by atoms with Crippen LogP contribution in [-0.2, 0) is 0 Å². The molecule has 0 radical (unpaired) electrons. The summed E-state index contributed by atoms with van der Waals surface area (Å²) in [6, 6.07) is 5.97. The van der Waals surface area contributed by atoms with Gasteiger partial charge in [-0.15, -0.1) is 12.6 Å². The number of thiol groups is 1. The van der Waals surface area contributed by atoms with E-state index in [0.717, 1.165) is 21.7 Å². The Hall–Kier alpha value is -0.890. The van der Waals surface area contributed by atoms with E-state index in [-0.39, 0.29) is 0 Å². The van der Waals surface area contributed by atoms with Crippen LogP contribution in [-0.4, -0.2) is 0 Å². The summed E-state index contributed by atoms with van der Waals surface area (Å²) < 4.78 is 0. The molecule has 0 saturated heterocycles. The summed E-state index contributed by atoms with van der Waals surface area (Å²) in [5, 5.41) is 0. The van der Waals surface area contributed by atoms with Crippen molar-refractivity contribution in [3.8, 4) is 0 Å². The third-order valence-corrected chi connectivity index (χ3v) is 2.36. The van der Waals surface area contributed by atoms with Gasteiger partial charge in [0.25, 0.3) is 0 Å². The third kappa shape index (κ3) is 1.83. The summed E-state index contributed by atoms with van der Waals surface area (Å²) >= 11 is 4.31. The highest BCUT2D eigenvalue weighted by atomic mass is 32.1. The summed E-state index contributed by atoms with van der Waals surface area (Å²) in [6.45, 7) is 3.95. The monoisotopic (exact) mass is 179 g/mol. The van der Waals surface area contributed by atoms with E-state index in [0.29, 0.717) is 0 Å². The molecule has 12 heavy (non-hydrogen) atoms. The Bertz CT molecular complexity index is 316. The fourth-order valence-electron chi connectivity index (χ4n) is 0.966. The molecular formula is C10H13NS. The quantitative estimate of drug-likeness (QED) is 0.503. The first kappa shape index (κ1) is 9.20. The molecule has 1 aromatic carbocycles.